The molecule has 1 aromatic heterocycles. The Hall–Kier alpha value is -1.36. The van der Waals surface area contributed by atoms with Gasteiger partial charge in [0.2, 0.25) is 0 Å². The highest BCUT2D eigenvalue weighted by Crippen LogP contribution is 2.36. The highest BCUT2D eigenvalue weighted by Gasteiger charge is 2.29. The number of hydrogen-bond donors (Lipinski definition) is 1. The number of carbonyl (C=O) groups is 1. The summed E-state index contributed by atoms with van der Waals surface area (Å²) in [5.41, 5.74) is 2.50. The molecule has 0 spiro atoms. The fourth-order valence-electron chi connectivity index (χ4n) is 3.65. The summed E-state index contributed by atoms with van der Waals surface area (Å²) in [5, 5.41) is 13.7. The van der Waals surface area contributed by atoms with Crippen LogP contribution < -0.4 is 0 Å². The van der Waals surface area contributed by atoms with E-state index in [9.17, 15) is 4.79 Å². The normalized spacial score (nSPS) is 24.6. The predicted molar refractivity (Wildman–Crippen MR) is 75.9 cm³/mol. The molecule has 1 aliphatic carbocycles. The Morgan fingerprint density at radius 2 is 2.15 bits per heavy atom. The van der Waals surface area contributed by atoms with Crippen molar-refractivity contribution in [3.05, 3.63) is 17.5 Å². The first-order valence-corrected chi connectivity index (χ1v) is 7.61. The number of aromatic nitrogens is 2. The van der Waals surface area contributed by atoms with E-state index in [1.54, 1.807) is 0 Å². The summed E-state index contributed by atoms with van der Waals surface area (Å²) in [6.07, 6.45) is 7.59. The molecule has 1 fully saturated rings. The second-order valence-corrected chi connectivity index (χ2v) is 6.21. The van der Waals surface area contributed by atoms with Crippen molar-refractivity contribution in [3.8, 4) is 0 Å². The summed E-state index contributed by atoms with van der Waals surface area (Å²) in [6.45, 7) is 2.25. The first-order valence-electron chi connectivity index (χ1n) is 7.61. The summed E-state index contributed by atoms with van der Waals surface area (Å²) in [7, 11) is 2.16. The first kappa shape index (κ1) is 13.6. The maximum atomic E-state index is 11.0. The van der Waals surface area contributed by atoms with E-state index < -0.39 is 5.97 Å². The Kier molecular flexibility index (Phi) is 3.78. The number of piperidine rings is 1. The minimum atomic E-state index is -0.699. The molecule has 20 heavy (non-hydrogen) atoms. The van der Waals surface area contributed by atoms with Crippen molar-refractivity contribution in [2.75, 3.05) is 20.1 Å². The molecule has 1 aromatic rings. The van der Waals surface area contributed by atoms with E-state index in [0.29, 0.717) is 6.04 Å². The second-order valence-electron chi connectivity index (χ2n) is 6.21. The van der Waals surface area contributed by atoms with E-state index in [0.717, 1.165) is 45.2 Å². The Bertz CT molecular complexity index is 489. The van der Waals surface area contributed by atoms with E-state index in [1.807, 2.05) is 6.20 Å². The molecular formula is C15H23N3O2. The zero-order valence-corrected chi connectivity index (χ0v) is 12.1. The average molecular weight is 277 g/mol. The van der Waals surface area contributed by atoms with Crippen LogP contribution in [0.2, 0.25) is 0 Å². The molecule has 1 N–H and O–H groups in total. The van der Waals surface area contributed by atoms with Gasteiger partial charge < -0.3 is 10.0 Å². The van der Waals surface area contributed by atoms with Crippen LogP contribution in [0.15, 0.2) is 6.20 Å². The Labute approximate surface area is 119 Å². The Morgan fingerprint density at radius 3 is 2.85 bits per heavy atom. The maximum Gasteiger partial charge on any atom is 0.303 e. The quantitative estimate of drug-likeness (QED) is 0.918. The predicted octanol–water partition coefficient (Wildman–Crippen LogP) is 2.04. The summed E-state index contributed by atoms with van der Waals surface area (Å²) < 4.78 is 2.20. The van der Waals surface area contributed by atoms with Crippen molar-refractivity contribution < 1.29 is 9.90 Å². The minimum Gasteiger partial charge on any atom is -0.481 e. The number of aliphatic carboxylic acids is 1. The highest BCUT2D eigenvalue weighted by atomic mass is 16.4. The molecule has 0 saturated carbocycles. The lowest BCUT2D eigenvalue weighted by atomic mass is 9.84. The number of nitrogens with zero attached hydrogens (tertiary/aromatic N) is 3. The van der Waals surface area contributed by atoms with Crippen LogP contribution in [0.5, 0.6) is 0 Å². The fraction of sp³-hybridized carbons (Fsp3) is 0.733. The van der Waals surface area contributed by atoms with Gasteiger partial charge in [-0.05, 0) is 63.7 Å². The number of carboxylic acid groups (broad SMARTS) is 1. The van der Waals surface area contributed by atoms with Crippen molar-refractivity contribution in [1.82, 2.24) is 14.7 Å². The van der Waals surface area contributed by atoms with Gasteiger partial charge in [0.05, 0.1) is 18.7 Å². The van der Waals surface area contributed by atoms with Gasteiger partial charge in [0, 0.05) is 5.69 Å². The lowest BCUT2D eigenvalue weighted by Crippen LogP contribution is -2.32. The molecule has 5 nitrogen and oxygen atoms in total. The van der Waals surface area contributed by atoms with Crippen LogP contribution in [0.4, 0.5) is 0 Å². The summed E-state index contributed by atoms with van der Waals surface area (Å²) in [4.78, 5) is 13.3. The first-order chi connectivity index (χ1) is 9.65. The summed E-state index contributed by atoms with van der Waals surface area (Å²) in [5.74, 6) is -0.536. The number of likely N-dealkylation sites (tertiary alicyclic amines) is 1. The summed E-state index contributed by atoms with van der Waals surface area (Å²) in [6, 6.07) is 0.499. The van der Waals surface area contributed by atoms with E-state index in [2.05, 4.69) is 21.7 Å². The Morgan fingerprint density at radius 1 is 1.40 bits per heavy atom. The van der Waals surface area contributed by atoms with Gasteiger partial charge in [-0.25, -0.2) is 0 Å². The van der Waals surface area contributed by atoms with Crippen LogP contribution in [0.3, 0.4) is 0 Å². The average Bonchev–Trinajstić information content (AvgIpc) is 2.84. The lowest BCUT2D eigenvalue weighted by molar-refractivity contribution is -0.137. The van der Waals surface area contributed by atoms with Crippen LogP contribution >= 0.6 is 0 Å². The Balaban J connectivity index is 1.81. The highest BCUT2D eigenvalue weighted by molar-refractivity contribution is 5.68. The van der Waals surface area contributed by atoms with Crippen LogP contribution in [0, 0.1) is 0 Å². The SMILES string of the molecule is CN1CCC(n2ncc3c2CCCC3CC(=O)O)CC1. The molecule has 0 aromatic carbocycles. The van der Waals surface area contributed by atoms with Gasteiger partial charge in [-0.15, -0.1) is 0 Å². The molecule has 3 rings (SSSR count). The fourth-order valence-corrected chi connectivity index (χ4v) is 3.65. The molecule has 2 aliphatic rings. The van der Waals surface area contributed by atoms with Crippen LogP contribution in [0.25, 0.3) is 0 Å². The number of carboxylic acids is 1. The molecule has 5 heteroatoms. The molecule has 1 unspecified atom stereocenters. The minimum absolute atomic E-state index is 0.163. The van der Waals surface area contributed by atoms with Gasteiger partial charge in [-0.3, -0.25) is 9.48 Å². The van der Waals surface area contributed by atoms with Gasteiger partial charge in [0.15, 0.2) is 0 Å². The van der Waals surface area contributed by atoms with Gasteiger partial charge in [-0.2, -0.15) is 5.10 Å². The van der Waals surface area contributed by atoms with Crippen LogP contribution in [0.1, 0.15) is 55.3 Å². The zero-order chi connectivity index (χ0) is 14.1. The van der Waals surface area contributed by atoms with Crippen molar-refractivity contribution in [2.24, 2.45) is 0 Å². The van der Waals surface area contributed by atoms with Crippen molar-refractivity contribution >= 4 is 5.97 Å². The molecule has 1 aliphatic heterocycles. The van der Waals surface area contributed by atoms with Gasteiger partial charge in [0.25, 0.3) is 0 Å². The number of rotatable bonds is 3. The third kappa shape index (κ3) is 2.59. The van der Waals surface area contributed by atoms with Crippen LogP contribution in [-0.2, 0) is 11.2 Å². The van der Waals surface area contributed by atoms with Crippen molar-refractivity contribution in [3.63, 3.8) is 0 Å². The third-order valence-corrected chi connectivity index (χ3v) is 4.79. The van der Waals surface area contributed by atoms with Gasteiger partial charge >= 0.3 is 5.97 Å². The zero-order valence-electron chi connectivity index (χ0n) is 12.1. The lowest BCUT2D eigenvalue weighted by Gasteiger charge is -2.31. The van der Waals surface area contributed by atoms with Gasteiger partial charge in [0.1, 0.15) is 0 Å². The molecule has 1 atom stereocenters. The smallest absolute Gasteiger partial charge is 0.303 e. The topological polar surface area (TPSA) is 58.4 Å². The summed E-state index contributed by atoms with van der Waals surface area (Å²) >= 11 is 0. The van der Waals surface area contributed by atoms with E-state index in [-0.39, 0.29) is 12.3 Å². The van der Waals surface area contributed by atoms with Gasteiger partial charge in [-0.1, -0.05) is 0 Å². The largest absolute Gasteiger partial charge is 0.481 e. The van der Waals surface area contributed by atoms with E-state index in [4.69, 9.17) is 5.11 Å². The molecular weight excluding hydrogens is 254 g/mol. The van der Waals surface area contributed by atoms with Crippen molar-refractivity contribution in [1.29, 1.82) is 0 Å². The van der Waals surface area contributed by atoms with Crippen LogP contribution in [-0.4, -0.2) is 45.9 Å². The molecule has 0 radical (unpaired) electrons. The molecule has 1 saturated heterocycles. The van der Waals surface area contributed by atoms with E-state index in [1.165, 1.54) is 11.3 Å². The monoisotopic (exact) mass is 277 g/mol. The van der Waals surface area contributed by atoms with E-state index >= 15 is 0 Å². The standard InChI is InChI=1S/C15H23N3O2/c1-17-7-5-12(6-8-17)18-14-4-2-3-11(9-15(19)20)13(14)10-16-18/h10-12H,2-9H2,1H3,(H,19,20). The van der Waals surface area contributed by atoms with Crippen molar-refractivity contribution in [2.45, 2.75) is 50.5 Å². The number of hydrogen-bond acceptors (Lipinski definition) is 3. The second kappa shape index (κ2) is 5.56. The molecule has 0 amide bonds. The maximum absolute atomic E-state index is 11.0. The third-order valence-electron chi connectivity index (χ3n) is 4.79. The molecule has 0 bridgehead atoms. The number of fused-ring (bicyclic) bond motifs is 1. The molecule has 110 valence electrons. The molecule has 2 heterocycles.